The van der Waals surface area contributed by atoms with E-state index in [9.17, 15) is 4.79 Å². The maximum absolute atomic E-state index is 11.1. The number of nitrogens with zero attached hydrogens (tertiary/aromatic N) is 2. The van der Waals surface area contributed by atoms with E-state index in [0.717, 1.165) is 11.3 Å². The Morgan fingerprint density at radius 3 is 2.79 bits per heavy atom. The van der Waals surface area contributed by atoms with Gasteiger partial charge in [-0.3, -0.25) is 9.89 Å². The number of carbonyl (C=O) groups is 1. The summed E-state index contributed by atoms with van der Waals surface area (Å²) in [5.41, 5.74) is 0.917. The summed E-state index contributed by atoms with van der Waals surface area (Å²) in [6.45, 7) is 0. The highest BCUT2D eigenvalue weighted by Crippen LogP contribution is 2.21. The molecule has 0 spiro atoms. The minimum atomic E-state index is -0.0548. The third-order valence-corrected chi connectivity index (χ3v) is 3.29. The Balaban J connectivity index is 2.05. The molecule has 19 heavy (non-hydrogen) atoms. The van der Waals surface area contributed by atoms with Crippen molar-refractivity contribution < 1.29 is 9.53 Å². The van der Waals surface area contributed by atoms with Gasteiger partial charge in [0.15, 0.2) is 5.82 Å². The summed E-state index contributed by atoms with van der Waals surface area (Å²) in [5.74, 6) is 1.71. The number of thioether (sulfide) groups is 1. The van der Waals surface area contributed by atoms with Gasteiger partial charge >= 0.3 is 0 Å². The lowest BCUT2D eigenvalue weighted by molar-refractivity contribution is -0.118. The van der Waals surface area contributed by atoms with Gasteiger partial charge in [-0.15, -0.1) is 5.10 Å². The second kappa shape index (κ2) is 6.24. The molecule has 1 aromatic carbocycles. The molecule has 0 bridgehead atoms. The third kappa shape index (κ3) is 3.47. The standard InChI is InChI=1S/C12H14N4O2S/c1-13-10(17)7-19-12-14-11(15-16-12)8-3-5-9(18-2)6-4-8/h3-6H,7H2,1-2H3,(H,13,17)(H,14,15,16). The predicted octanol–water partition coefficient (Wildman–Crippen LogP) is 1.32. The molecule has 0 fully saturated rings. The number of rotatable bonds is 5. The quantitative estimate of drug-likeness (QED) is 0.806. The Morgan fingerprint density at radius 2 is 2.16 bits per heavy atom. The van der Waals surface area contributed by atoms with Crippen LogP contribution in [0.1, 0.15) is 0 Å². The highest BCUT2D eigenvalue weighted by atomic mass is 32.2. The maximum Gasteiger partial charge on any atom is 0.230 e. The van der Waals surface area contributed by atoms with Crippen LogP contribution in [0.5, 0.6) is 5.75 Å². The first kappa shape index (κ1) is 13.4. The van der Waals surface area contributed by atoms with Crippen LogP contribution in [0.3, 0.4) is 0 Å². The zero-order valence-corrected chi connectivity index (χ0v) is 11.5. The Bertz CT molecular complexity index is 553. The van der Waals surface area contributed by atoms with Gasteiger partial charge in [0, 0.05) is 12.6 Å². The Morgan fingerprint density at radius 1 is 1.42 bits per heavy atom. The first-order chi connectivity index (χ1) is 9.22. The van der Waals surface area contributed by atoms with Crippen molar-refractivity contribution in [1.29, 1.82) is 0 Å². The van der Waals surface area contributed by atoms with E-state index in [0.29, 0.717) is 16.7 Å². The van der Waals surface area contributed by atoms with Crippen LogP contribution in [0.25, 0.3) is 11.4 Å². The predicted molar refractivity (Wildman–Crippen MR) is 73.2 cm³/mol. The van der Waals surface area contributed by atoms with Crippen LogP contribution in [0.2, 0.25) is 0 Å². The SMILES string of the molecule is CNC(=O)CSc1n[nH]c(-c2ccc(OC)cc2)n1. The molecule has 1 aromatic heterocycles. The van der Waals surface area contributed by atoms with Crippen LogP contribution in [-0.2, 0) is 4.79 Å². The zero-order chi connectivity index (χ0) is 13.7. The molecule has 2 N–H and O–H groups in total. The van der Waals surface area contributed by atoms with Gasteiger partial charge in [0.05, 0.1) is 12.9 Å². The summed E-state index contributed by atoms with van der Waals surface area (Å²) in [6.07, 6.45) is 0. The van der Waals surface area contributed by atoms with E-state index < -0.39 is 0 Å². The van der Waals surface area contributed by atoms with E-state index in [4.69, 9.17) is 4.74 Å². The second-order valence-electron chi connectivity index (χ2n) is 3.66. The number of aromatic amines is 1. The van der Waals surface area contributed by atoms with Crippen molar-refractivity contribution >= 4 is 17.7 Å². The molecule has 2 rings (SSSR count). The molecule has 0 aliphatic carbocycles. The smallest absolute Gasteiger partial charge is 0.230 e. The van der Waals surface area contributed by atoms with Gasteiger partial charge in [0.1, 0.15) is 5.75 Å². The van der Waals surface area contributed by atoms with Gasteiger partial charge in [-0.1, -0.05) is 11.8 Å². The molecule has 0 saturated heterocycles. The number of methoxy groups -OCH3 is 1. The van der Waals surface area contributed by atoms with Gasteiger partial charge in [-0.2, -0.15) is 0 Å². The van der Waals surface area contributed by atoms with Gasteiger partial charge in [0.2, 0.25) is 11.1 Å². The van der Waals surface area contributed by atoms with E-state index >= 15 is 0 Å². The number of benzene rings is 1. The lowest BCUT2D eigenvalue weighted by atomic mass is 10.2. The van der Waals surface area contributed by atoms with Crippen molar-refractivity contribution in [3.8, 4) is 17.1 Å². The fourth-order valence-electron chi connectivity index (χ4n) is 1.39. The second-order valence-corrected chi connectivity index (χ2v) is 4.60. The van der Waals surface area contributed by atoms with Crippen molar-refractivity contribution in [2.75, 3.05) is 19.9 Å². The number of H-pyrrole nitrogens is 1. The van der Waals surface area contributed by atoms with E-state index in [1.807, 2.05) is 24.3 Å². The van der Waals surface area contributed by atoms with Gasteiger partial charge in [0.25, 0.3) is 0 Å². The summed E-state index contributed by atoms with van der Waals surface area (Å²) in [6, 6.07) is 7.50. The monoisotopic (exact) mass is 278 g/mol. The topological polar surface area (TPSA) is 79.9 Å². The number of aromatic nitrogens is 3. The molecule has 0 aliphatic rings. The van der Waals surface area contributed by atoms with Crippen LogP contribution in [0, 0.1) is 0 Å². The largest absolute Gasteiger partial charge is 0.497 e. The minimum Gasteiger partial charge on any atom is -0.497 e. The molecule has 0 unspecified atom stereocenters. The summed E-state index contributed by atoms with van der Waals surface area (Å²) >= 11 is 1.29. The normalized spacial score (nSPS) is 10.2. The molecule has 0 saturated carbocycles. The van der Waals surface area contributed by atoms with Crippen LogP contribution in [0.4, 0.5) is 0 Å². The number of ether oxygens (including phenoxy) is 1. The summed E-state index contributed by atoms with van der Waals surface area (Å²) in [7, 11) is 3.22. The molecular formula is C12H14N4O2S. The molecule has 100 valence electrons. The zero-order valence-electron chi connectivity index (χ0n) is 10.6. The summed E-state index contributed by atoms with van der Waals surface area (Å²) < 4.78 is 5.09. The number of carbonyl (C=O) groups excluding carboxylic acids is 1. The fourth-order valence-corrected chi connectivity index (χ4v) is 2.06. The van der Waals surface area contributed by atoms with Crippen LogP contribution < -0.4 is 10.1 Å². The number of nitrogens with one attached hydrogen (secondary N) is 2. The van der Waals surface area contributed by atoms with Crippen LogP contribution in [-0.4, -0.2) is 41.0 Å². The van der Waals surface area contributed by atoms with Gasteiger partial charge in [-0.05, 0) is 24.3 Å². The molecule has 1 amide bonds. The molecule has 2 aromatic rings. The molecule has 0 atom stereocenters. The Kier molecular flexibility index (Phi) is 4.40. The van der Waals surface area contributed by atoms with Crippen molar-refractivity contribution in [3.63, 3.8) is 0 Å². The minimum absolute atomic E-state index is 0.0548. The summed E-state index contributed by atoms with van der Waals surface area (Å²) in [4.78, 5) is 15.4. The Hall–Kier alpha value is -2.02. The maximum atomic E-state index is 11.1. The fraction of sp³-hybridized carbons (Fsp3) is 0.250. The molecule has 6 nitrogen and oxygen atoms in total. The number of hydrogen-bond acceptors (Lipinski definition) is 5. The van der Waals surface area contributed by atoms with Crippen molar-refractivity contribution in [2.45, 2.75) is 5.16 Å². The highest BCUT2D eigenvalue weighted by molar-refractivity contribution is 7.99. The van der Waals surface area contributed by atoms with E-state index in [1.54, 1.807) is 14.2 Å². The molecule has 0 aliphatic heterocycles. The molecular weight excluding hydrogens is 264 g/mol. The highest BCUT2D eigenvalue weighted by Gasteiger charge is 2.08. The lowest BCUT2D eigenvalue weighted by Crippen LogP contribution is -2.19. The first-order valence-electron chi connectivity index (χ1n) is 5.63. The van der Waals surface area contributed by atoms with Crippen LogP contribution >= 0.6 is 11.8 Å². The number of hydrogen-bond donors (Lipinski definition) is 2. The van der Waals surface area contributed by atoms with E-state index in [-0.39, 0.29) is 5.91 Å². The average Bonchev–Trinajstić information content (AvgIpc) is 2.93. The molecule has 1 heterocycles. The number of amides is 1. The molecule has 0 radical (unpaired) electrons. The lowest BCUT2D eigenvalue weighted by Gasteiger charge is -1.99. The van der Waals surface area contributed by atoms with Crippen molar-refractivity contribution in [3.05, 3.63) is 24.3 Å². The summed E-state index contributed by atoms with van der Waals surface area (Å²) in [5, 5.41) is 10.0. The first-order valence-corrected chi connectivity index (χ1v) is 6.61. The van der Waals surface area contributed by atoms with Gasteiger partial charge < -0.3 is 10.1 Å². The third-order valence-electron chi connectivity index (χ3n) is 2.44. The Labute approximate surface area is 115 Å². The average molecular weight is 278 g/mol. The van der Waals surface area contributed by atoms with E-state index in [2.05, 4.69) is 20.5 Å². The van der Waals surface area contributed by atoms with Crippen molar-refractivity contribution in [1.82, 2.24) is 20.5 Å². The van der Waals surface area contributed by atoms with E-state index in [1.165, 1.54) is 11.8 Å². The van der Waals surface area contributed by atoms with Crippen molar-refractivity contribution in [2.24, 2.45) is 0 Å². The van der Waals surface area contributed by atoms with Gasteiger partial charge in [-0.25, -0.2) is 4.98 Å². The van der Waals surface area contributed by atoms with Crippen LogP contribution in [0.15, 0.2) is 29.4 Å². The molecule has 7 heteroatoms.